The Bertz CT molecular complexity index is 280. The number of nitrogens with one attached hydrogen (secondary N) is 1. The standard InChI is InChI=1S/C14H30N4O/c1-14(2,3)12(15)13(19)16-6-5-7-18-10-8-17(4)9-11-18/h12H,5-11,15H2,1-4H3,(H,16,19)/t12-/m1/s1. The summed E-state index contributed by atoms with van der Waals surface area (Å²) in [5.41, 5.74) is 5.73. The van der Waals surface area contributed by atoms with Gasteiger partial charge in [0.2, 0.25) is 5.91 Å². The Labute approximate surface area is 117 Å². The first-order valence-corrected chi connectivity index (χ1v) is 7.25. The van der Waals surface area contributed by atoms with Crippen molar-refractivity contribution >= 4 is 5.91 Å². The molecule has 0 aliphatic carbocycles. The molecule has 0 aromatic carbocycles. The molecule has 5 heteroatoms. The summed E-state index contributed by atoms with van der Waals surface area (Å²) in [6.07, 6.45) is 0.992. The van der Waals surface area contributed by atoms with Gasteiger partial charge < -0.3 is 20.9 Å². The summed E-state index contributed by atoms with van der Waals surface area (Å²) in [4.78, 5) is 16.6. The Morgan fingerprint density at radius 1 is 1.26 bits per heavy atom. The number of nitrogens with two attached hydrogens (primary N) is 1. The SMILES string of the molecule is CN1CCN(CCCNC(=O)[C@@H](N)C(C)(C)C)CC1. The average Bonchev–Trinajstić information content (AvgIpc) is 2.34. The number of hydrogen-bond donors (Lipinski definition) is 2. The summed E-state index contributed by atoms with van der Waals surface area (Å²) in [5, 5.41) is 2.94. The summed E-state index contributed by atoms with van der Waals surface area (Å²) in [6, 6.07) is -0.434. The van der Waals surface area contributed by atoms with Crippen molar-refractivity contribution in [3.05, 3.63) is 0 Å². The van der Waals surface area contributed by atoms with Crippen molar-refractivity contribution in [1.82, 2.24) is 15.1 Å². The number of carbonyl (C=O) groups is 1. The maximum atomic E-state index is 11.8. The van der Waals surface area contributed by atoms with Gasteiger partial charge in [-0.15, -0.1) is 0 Å². The zero-order valence-electron chi connectivity index (χ0n) is 12.9. The molecule has 1 saturated heterocycles. The lowest BCUT2D eigenvalue weighted by molar-refractivity contribution is -0.124. The third-order valence-electron chi connectivity index (χ3n) is 3.76. The van der Waals surface area contributed by atoms with Crippen LogP contribution in [0.4, 0.5) is 0 Å². The molecule has 0 bridgehead atoms. The third-order valence-corrected chi connectivity index (χ3v) is 3.76. The highest BCUT2D eigenvalue weighted by atomic mass is 16.2. The van der Waals surface area contributed by atoms with Crippen molar-refractivity contribution in [1.29, 1.82) is 0 Å². The molecular formula is C14H30N4O. The van der Waals surface area contributed by atoms with E-state index >= 15 is 0 Å². The summed E-state index contributed by atoms with van der Waals surface area (Å²) in [7, 11) is 2.16. The number of rotatable bonds is 5. The lowest BCUT2D eigenvalue weighted by atomic mass is 9.87. The van der Waals surface area contributed by atoms with E-state index in [0.29, 0.717) is 0 Å². The fourth-order valence-electron chi connectivity index (χ4n) is 2.09. The molecule has 0 aromatic heterocycles. The monoisotopic (exact) mass is 270 g/mol. The summed E-state index contributed by atoms with van der Waals surface area (Å²) < 4.78 is 0. The first kappa shape index (κ1) is 16.4. The predicted octanol–water partition coefficient (Wildman–Crippen LogP) is 0.114. The molecule has 0 spiro atoms. The minimum atomic E-state index is -0.434. The van der Waals surface area contributed by atoms with Crippen LogP contribution in [0.1, 0.15) is 27.2 Å². The quantitative estimate of drug-likeness (QED) is 0.696. The molecule has 112 valence electrons. The van der Waals surface area contributed by atoms with Crippen molar-refractivity contribution in [2.45, 2.75) is 33.2 Å². The van der Waals surface area contributed by atoms with E-state index in [9.17, 15) is 4.79 Å². The molecule has 1 atom stereocenters. The average molecular weight is 270 g/mol. The van der Waals surface area contributed by atoms with Gasteiger partial charge in [0.1, 0.15) is 0 Å². The van der Waals surface area contributed by atoms with Crippen molar-refractivity contribution < 1.29 is 4.79 Å². The van der Waals surface area contributed by atoms with Crippen molar-refractivity contribution in [3.63, 3.8) is 0 Å². The van der Waals surface area contributed by atoms with Gasteiger partial charge in [-0.1, -0.05) is 20.8 Å². The normalized spacial score (nSPS) is 20.3. The van der Waals surface area contributed by atoms with Gasteiger partial charge in [0.25, 0.3) is 0 Å². The van der Waals surface area contributed by atoms with Crippen LogP contribution in [-0.4, -0.2) is 68.1 Å². The lowest BCUT2D eigenvalue weighted by Gasteiger charge is -2.32. The molecule has 1 fully saturated rings. The number of hydrogen-bond acceptors (Lipinski definition) is 4. The van der Waals surface area contributed by atoms with Crippen LogP contribution in [0.25, 0.3) is 0 Å². The Hall–Kier alpha value is -0.650. The van der Waals surface area contributed by atoms with Crippen molar-refractivity contribution in [2.24, 2.45) is 11.1 Å². The van der Waals surface area contributed by atoms with Crippen molar-refractivity contribution in [2.75, 3.05) is 46.3 Å². The number of carbonyl (C=O) groups excluding carboxylic acids is 1. The van der Waals surface area contributed by atoms with Crippen LogP contribution in [-0.2, 0) is 4.79 Å². The van der Waals surface area contributed by atoms with E-state index < -0.39 is 6.04 Å². The Morgan fingerprint density at radius 3 is 2.37 bits per heavy atom. The maximum absolute atomic E-state index is 11.8. The molecule has 1 heterocycles. The molecule has 0 radical (unpaired) electrons. The van der Waals surface area contributed by atoms with E-state index in [4.69, 9.17) is 5.73 Å². The first-order chi connectivity index (χ1) is 8.80. The zero-order chi connectivity index (χ0) is 14.5. The molecule has 19 heavy (non-hydrogen) atoms. The van der Waals surface area contributed by atoms with Gasteiger partial charge in [-0.3, -0.25) is 4.79 Å². The molecule has 0 aromatic rings. The van der Waals surface area contributed by atoms with Gasteiger partial charge in [-0.05, 0) is 25.4 Å². The minimum Gasteiger partial charge on any atom is -0.355 e. The highest BCUT2D eigenvalue weighted by Crippen LogP contribution is 2.17. The lowest BCUT2D eigenvalue weighted by Crippen LogP contribution is -2.49. The predicted molar refractivity (Wildman–Crippen MR) is 79.0 cm³/mol. The van der Waals surface area contributed by atoms with Gasteiger partial charge in [0, 0.05) is 32.7 Å². The van der Waals surface area contributed by atoms with E-state index in [-0.39, 0.29) is 11.3 Å². The highest BCUT2D eigenvalue weighted by Gasteiger charge is 2.26. The van der Waals surface area contributed by atoms with Crippen LogP contribution in [0.15, 0.2) is 0 Å². The molecule has 3 N–H and O–H groups in total. The third kappa shape index (κ3) is 5.89. The minimum absolute atomic E-state index is 0.0362. The van der Waals surface area contributed by atoms with E-state index in [1.807, 2.05) is 20.8 Å². The van der Waals surface area contributed by atoms with Crippen LogP contribution in [0.5, 0.6) is 0 Å². The Morgan fingerprint density at radius 2 is 1.84 bits per heavy atom. The van der Waals surface area contributed by atoms with Gasteiger partial charge >= 0.3 is 0 Å². The molecule has 1 aliphatic rings. The molecule has 1 aliphatic heterocycles. The number of likely N-dealkylation sites (N-methyl/N-ethyl adjacent to an activating group) is 1. The van der Waals surface area contributed by atoms with Crippen LogP contribution in [0, 0.1) is 5.41 Å². The second-order valence-corrected chi connectivity index (χ2v) is 6.63. The summed E-state index contributed by atoms with van der Waals surface area (Å²) in [6.45, 7) is 12.3. The van der Waals surface area contributed by atoms with Crippen LogP contribution >= 0.6 is 0 Å². The molecule has 1 amide bonds. The maximum Gasteiger partial charge on any atom is 0.237 e. The van der Waals surface area contributed by atoms with E-state index in [1.54, 1.807) is 0 Å². The van der Waals surface area contributed by atoms with Crippen LogP contribution in [0.2, 0.25) is 0 Å². The second kappa shape index (κ2) is 7.22. The van der Waals surface area contributed by atoms with Crippen LogP contribution < -0.4 is 11.1 Å². The van der Waals surface area contributed by atoms with Crippen LogP contribution in [0.3, 0.4) is 0 Å². The molecule has 5 nitrogen and oxygen atoms in total. The Balaban J connectivity index is 2.12. The first-order valence-electron chi connectivity index (χ1n) is 7.25. The molecule has 0 unspecified atom stereocenters. The van der Waals surface area contributed by atoms with Gasteiger partial charge in [0.05, 0.1) is 6.04 Å². The highest BCUT2D eigenvalue weighted by molar-refractivity contribution is 5.82. The molecular weight excluding hydrogens is 240 g/mol. The smallest absolute Gasteiger partial charge is 0.237 e. The zero-order valence-corrected chi connectivity index (χ0v) is 12.9. The van der Waals surface area contributed by atoms with E-state index in [2.05, 4.69) is 22.2 Å². The fraction of sp³-hybridized carbons (Fsp3) is 0.929. The molecule has 1 rings (SSSR count). The second-order valence-electron chi connectivity index (χ2n) is 6.63. The van der Waals surface area contributed by atoms with Gasteiger partial charge in [-0.25, -0.2) is 0 Å². The topological polar surface area (TPSA) is 61.6 Å². The van der Waals surface area contributed by atoms with E-state index in [1.165, 1.54) is 0 Å². The Kier molecular flexibility index (Phi) is 6.23. The van der Waals surface area contributed by atoms with Gasteiger partial charge in [-0.2, -0.15) is 0 Å². The fourth-order valence-corrected chi connectivity index (χ4v) is 2.09. The molecule has 0 saturated carbocycles. The van der Waals surface area contributed by atoms with Gasteiger partial charge in [0.15, 0.2) is 0 Å². The van der Waals surface area contributed by atoms with Crippen molar-refractivity contribution in [3.8, 4) is 0 Å². The summed E-state index contributed by atoms with van der Waals surface area (Å²) in [5.74, 6) is -0.0362. The largest absolute Gasteiger partial charge is 0.355 e. The number of piperazine rings is 1. The summed E-state index contributed by atoms with van der Waals surface area (Å²) >= 11 is 0. The number of nitrogens with zero attached hydrogens (tertiary/aromatic N) is 2. The van der Waals surface area contributed by atoms with E-state index in [0.717, 1.165) is 45.7 Å². The number of amides is 1.